The van der Waals surface area contributed by atoms with Crippen LogP contribution in [0.3, 0.4) is 0 Å². The summed E-state index contributed by atoms with van der Waals surface area (Å²) in [4.78, 5) is 4.72. The van der Waals surface area contributed by atoms with E-state index < -0.39 is 0 Å². The molecule has 0 radical (unpaired) electrons. The van der Waals surface area contributed by atoms with Crippen LogP contribution >= 0.6 is 0 Å². The number of nitrogens with zero attached hydrogens (tertiary/aromatic N) is 4. The number of pyridine rings is 1. The van der Waals surface area contributed by atoms with Crippen LogP contribution in [0.2, 0.25) is 0 Å². The van der Waals surface area contributed by atoms with Gasteiger partial charge < -0.3 is 4.57 Å². The zero-order valence-electron chi connectivity index (χ0n) is 19.9. The van der Waals surface area contributed by atoms with Gasteiger partial charge in [0.15, 0.2) is 0 Å². The second-order valence-corrected chi connectivity index (χ2v) is 9.74. The molecule has 3 aromatic carbocycles. The molecule has 4 nitrogen and oxygen atoms in total. The highest BCUT2D eigenvalue weighted by Gasteiger charge is 2.47. The molecule has 0 bridgehead atoms. The SMILES string of the molecule is Cc1cc(C)n(-c2ccc3c4ccccc4n(-c4cccc(C5(c6ccccn6)CC5)c4)c3c2)n1. The van der Waals surface area contributed by atoms with Crippen molar-refractivity contribution in [3.05, 3.63) is 120 Å². The van der Waals surface area contributed by atoms with Crippen molar-refractivity contribution in [2.45, 2.75) is 32.1 Å². The van der Waals surface area contributed by atoms with E-state index in [4.69, 9.17) is 10.1 Å². The van der Waals surface area contributed by atoms with Gasteiger partial charge in [-0.3, -0.25) is 4.98 Å². The molecule has 7 rings (SSSR count). The van der Waals surface area contributed by atoms with Crippen LogP contribution in [0, 0.1) is 13.8 Å². The van der Waals surface area contributed by atoms with Crippen molar-refractivity contribution < 1.29 is 0 Å². The van der Waals surface area contributed by atoms with Crippen molar-refractivity contribution in [2.75, 3.05) is 0 Å². The Bertz CT molecular complexity index is 1720. The van der Waals surface area contributed by atoms with Gasteiger partial charge in [-0.25, -0.2) is 4.68 Å². The molecule has 4 heteroatoms. The number of fused-ring (bicyclic) bond motifs is 3. The number of aryl methyl sites for hydroxylation is 2. The smallest absolute Gasteiger partial charge is 0.0670 e. The summed E-state index contributed by atoms with van der Waals surface area (Å²) in [5.41, 5.74) is 9.38. The summed E-state index contributed by atoms with van der Waals surface area (Å²) in [5.74, 6) is 0. The minimum absolute atomic E-state index is 0.0326. The fourth-order valence-electron chi connectivity index (χ4n) is 5.67. The van der Waals surface area contributed by atoms with E-state index >= 15 is 0 Å². The van der Waals surface area contributed by atoms with E-state index in [-0.39, 0.29) is 5.41 Å². The molecule has 0 spiro atoms. The molecule has 1 saturated carbocycles. The molecule has 3 aromatic heterocycles. The van der Waals surface area contributed by atoms with Crippen LogP contribution in [0.5, 0.6) is 0 Å². The van der Waals surface area contributed by atoms with Crippen LogP contribution in [-0.2, 0) is 5.41 Å². The molecule has 0 N–H and O–H groups in total. The van der Waals surface area contributed by atoms with Crippen molar-refractivity contribution in [1.29, 1.82) is 0 Å². The topological polar surface area (TPSA) is 35.6 Å². The second kappa shape index (κ2) is 7.41. The van der Waals surface area contributed by atoms with Crippen LogP contribution in [0.4, 0.5) is 0 Å². The molecular formula is C31H26N4. The van der Waals surface area contributed by atoms with Crippen LogP contribution in [-0.4, -0.2) is 19.3 Å². The first kappa shape index (κ1) is 20.2. The predicted octanol–water partition coefficient (Wildman–Crippen LogP) is 7.06. The normalized spacial score (nSPS) is 14.6. The third-order valence-corrected chi connectivity index (χ3v) is 7.47. The van der Waals surface area contributed by atoms with Crippen LogP contribution in [0.1, 0.15) is 35.5 Å². The Morgan fingerprint density at radius 3 is 2.31 bits per heavy atom. The maximum absolute atomic E-state index is 4.73. The van der Waals surface area contributed by atoms with Gasteiger partial charge in [0.1, 0.15) is 0 Å². The molecule has 170 valence electrons. The van der Waals surface area contributed by atoms with Crippen molar-refractivity contribution in [3.8, 4) is 11.4 Å². The molecular weight excluding hydrogens is 428 g/mol. The summed E-state index contributed by atoms with van der Waals surface area (Å²) < 4.78 is 4.44. The van der Waals surface area contributed by atoms with Gasteiger partial charge in [-0.2, -0.15) is 5.10 Å². The Morgan fingerprint density at radius 1 is 0.714 bits per heavy atom. The van der Waals surface area contributed by atoms with E-state index in [1.165, 1.54) is 38.8 Å². The van der Waals surface area contributed by atoms with Gasteiger partial charge in [-0.15, -0.1) is 0 Å². The predicted molar refractivity (Wildman–Crippen MR) is 142 cm³/mol. The van der Waals surface area contributed by atoms with E-state index in [9.17, 15) is 0 Å². The maximum atomic E-state index is 4.73. The summed E-state index contributed by atoms with van der Waals surface area (Å²) >= 11 is 0. The lowest BCUT2D eigenvalue weighted by Crippen LogP contribution is -2.11. The molecule has 6 aromatic rings. The largest absolute Gasteiger partial charge is 0.309 e. The molecule has 0 saturated heterocycles. The molecule has 0 unspecified atom stereocenters. The number of aromatic nitrogens is 4. The van der Waals surface area contributed by atoms with E-state index in [1.54, 1.807) is 0 Å². The summed E-state index contributed by atoms with van der Waals surface area (Å²) in [6, 6.07) is 32.8. The quantitative estimate of drug-likeness (QED) is 0.286. The number of benzene rings is 3. The van der Waals surface area contributed by atoms with E-state index in [2.05, 4.69) is 96.4 Å². The van der Waals surface area contributed by atoms with Crippen molar-refractivity contribution in [2.24, 2.45) is 0 Å². The van der Waals surface area contributed by atoms with Gasteiger partial charge in [-0.05, 0) is 80.8 Å². The van der Waals surface area contributed by atoms with Gasteiger partial charge >= 0.3 is 0 Å². The summed E-state index contributed by atoms with van der Waals surface area (Å²) in [6.07, 6.45) is 4.19. The standard InChI is InChI=1S/C31H26N4/c1-21-18-22(2)35(33-21)25-13-14-27-26-10-3-4-11-28(26)34(29(27)20-25)24-9-7-8-23(19-24)31(15-16-31)30-12-5-6-17-32-30/h3-14,17-20H,15-16H2,1-2H3. The van der Waals surface area contributed by atoms with Gasteiger partial charge in [0, 0.05) is 33.8 Å². The lowest BCUT2D eigenvalue weighted by atomic mass is 9.91. The van der Waals surface area contributed by atoms with Gasteiger partial charge in [0.25, 0.3) is 0 Å². The first-order valence-electron chi connectivity index (χ1n) is 12.2. The summed E-state index contributed by atoms with van der Waals surface area (Å²) in [7, 11) is 0. The summed E-state index contributed by atoms with van der Waals surface area (Å²) in [5, 5.41) is 7.25. The first-order valence-corrected chi connectivity index (χ1v) is 12.2. The molecule has 1 aliphatic rings. The number of rotatable bonds is 4. The zero-order chi connectivity index (χ0) is 23.6. The molecule has 0 aliphatic heterocycles. The Morgan fingerprint density at radius 2 is 1.54 bits per heavy atom. The molecule has 1 aliphatic carbocycles. The third-order valence-electron chi connectivity index (χ3n) is 7.47. The highest BCUT2D eigenvalue weighted by Crippen LogP contribution is 2.53. The molecule has 0 amide bonds. The fourth-order valence-corrected chi connectivity index (χ4v) is 5.67. The average Bonchev–Trinajstić information content (AvgIpc) is 3.55. The van der Waals surface area contributed by atoms with Gasteiger partial charge in [-0.1, -0.05) is 42.5 Å². The highest BCUT2D eigenvalue weighted by atomic mass is 15.3. The minimum atomic E-state index is 0.0326. The highest BCUT2D eigenvalue weighted by molar-refractivity contribution is 6.09. The second-order valence-electron chi connectivity index (χ2n) is 9.74. The summed E-state index contributed by atoms with van der Waals surface area (Å²) in [6.45, 7) is 4.15. The first-order chi connectivity index (χ1) is 17.1. The number of para-hydroxylation sites is 1. The van der Waals surface area contributed by atoms with Crippen molar-refractivity contribution >= 4 is 21.8 Å². The number of hydrogen-bond donors (Lipinski definition) is 0. The van der Waals surface area contributed by atoms with Crippen molar-refractivity contribution in [1.82, 2.24) is 19.3 Å². The zero-order valence-corrected chi connectivity index (χ0v) is 19.9. The molecule has 3 heterocycles. The van der Waals surface area contributed by atoms with Gasteiger partial charge in [0.2, 0.25) is 0 Å². The van der Waals surface area contributed by atoms with Crippen LogP contribution in [0.15, 0.2) is 97.2 Å². The minimum Gasteiger partial charge on any atom is -0.309 e. The lowest BCUT2D eigenvalue weighted by Gasteiger charge is -2.17. The van der Waals surface area contributed by atoms with E-state index in [0.29, 0.717) is 0 Å². The van der Waals surface area contributed by atoms with E-state index in [0.717, 1.165) is 29.9 Å². The Labute approximate surface area is 204 Å². The average molecular weight is 455 g/mol. The van der Waals surface area contributed by atoms with E-state index in [1.807, 2.05) is 23.9 Å². The Balaban J connectivity index is 1.46. The maximum Gasteiger partial charge on any atom is 0.0670 e. The monoisotopic (exact) mass is 454 g/mol. The fraction of sp³-hybridized carbons (Fsp3) is 0.161. The number of hydrogen-bond acceptors (Lipinski definition) is 2. The Kier molecular flexibility index (Phi) is 4.28. The molecule has 0 atom stereocenters. The van der Waals surface area contributed by atoms with Crippen molar-refractivity contribution in [3.63, 3.8) is 0 Å². The lowest BCUT2D eigenvalue weighted by molar-refractivity contribution is 0.802. The molecule has 1 fully saturated rings. The molecule has 35 heavy (non-hydrogen) atoms. The Hall–Kier alpha value is -4.18. The van der Waals surface area contributed by atoms with Crippen LogP contribution < -0.4 is 0 Å². The van der Waals surface area contributed by atoms with Gasteiger partial charge in [0.05, 0.1) is 28.1 Å². The third kappa shape index (κ3) is 3.06. The van der Waals surface area contributed by atoms with Crippen LogP contribution in [0.25, 0.3) is 33.2 Å².